The number of hydrogen-bond acceptors (Lipinski definition) is 3. The molecule has 120 valence electrons. The number of amides is 1. The number of morpholine rings is 1. The van der Waals surface area contributed by atoms with Crippen molar-refractivity contribution in [3.8, 4) is 0 Å². The van der Waals surface area contributed by atoms with Crippen molar-refractivity contribution >= 4 is 5.91 Å². The molecule has 0 unspecified atom stereocenters. The summed E-state index contributed by atoms with van der Waals surface area (Å²) in [5.74, 6) is 0.162. The fourth-order valence-electron chi connectivity index (χ4n) is 3.68. The van der Waals surface area contributed by atoms with Gasteiger partial charge in [0.15, 0.2) is 0 Å². The fourth-order valence-corrected chi connectivity index (χ4v) is 3.68. The van der Waals surface area contributed by atoms with Crippen molar-refractivity contribution in [3.63, 3.8) is 0 Å². The molecule has 2 fully saturated rings. The molecule has 2 atom stereocenters. The summed E-state index contributed by atoms with van der Waals surface area (Å²) >= 11 is 0. The van der Waals surface area contributed by atoms with Crippen LogP contribution in [0.5, 0.6) is 0 Å². The number of rotatable bonds is 3. The van der Waals surface area contributed by atoms with Crippen LogP contribution in [0.15, 0.2) is 24.3 Å². The Balaban J connectivity index is 1.69. The smallest absolute Gasteiger partial charge is 0.254 e. The number of fused-ring (bicyclic) bond motifs is 1. The Morgan fingerprint density at radius 3 is 2.86 bits per heavy atom. The quantitative estimate of drug-likeness (QED) is 0.859. The summed E-state index contributed by atoms with van der Waals surface area (Å²) in [6.45, 7) is 8.40. The zero-order chi connectivity index (χ0) is 15.5. The second-order valence-electron chi connectivity index (χ2n) is 6.44. The van der Waals surface area contributed by atoms with E-state index in [4.69, 9.17) is 4.74 Å². The van der Waals surface area contributed by atoms with Crippen molar-refractivity contribution in [1.82, 2.24) is 9.80 Å². The Morgan fingerprint density at radius 2 is 2.09 bits per heavy atom. The van der Waals surface area contributed by atoms with Crippen LogP contribution in [0.2, 0.25) is 0 Å². The number of carbonyl (C=O) groups is 1. The third-order valence-electron chi connectivity index (χ3n) is 4.90. The largest absolute Gasteiger partial charge is 0.378 e. The molecule has 0 radical (unpaired) electrons. The van der Waals surface area contributed by atoms with Gasteiger partial charge in [0.1, 0.15) is 0 Å². The van der Waals surface area contributed by atoms with Gasteiger partial charge in [-0.2, -0.15) is 0 Å². The minimum absolute atomic E-state index is 0.162. The lowest BCUT2D eigenvalue weighted by molar-refractivity contribution is -0.0776. The second-order valence-corrected chi connectivity index (χ2v) is 6.44. The topological polar surface area (TPSA) is 32.8 Å². The van der Waals surface area contributed by atoms with E-state index in [9.17, 15) is 4.79 Å². The van der Waals surface area contributed by atoms with E-state index in [0.717, 1.165) is 44.0 Å². The average molecular weight is 302 g/mol. The molecule has 0 aromatic heterocycles. The van der Waals surface area contributed by atoms with Crippen molar-refractivity contribution in [1.29, 1.82) is 0 Å². The van der Waals surface area contributed by atoms with Crippen LogP contribution in [0.4, 0.5) is 0 Å². The van der Waals surface area contributed by atoms with Crippen LogP contribution in [-0.2, 0) is 4.74 Å². The molecular formula is C18H26N2O2. The Hall–Kier alpha value is -1.39. The molecule has 2 heterocycles. The summed E-state index contributed by atoms with van der Waals surface area (Å²) < 4.78 is 5.78. The zero-order valence-corrected chi connectivity index (χ0v) is 13.6. The van der Waals surface area contributed by atoms with Gasteiger partial charge in [-0.25, -0.2) is 0 Å². The van der Waals surface area contributed by atoms with Crippen LogP contribution in [0.3, 0.4) is 0 Å². The van der Waals surface area contributed by atoms with E-state index in [1.54, 1.807) is 0 Å². The molecule has 1 aromatic carbocycles. The molecule has 0 N–H and O–H groups in total. The first-order valence-corrected chi connectivity index (χ1v) is 8.39. The minimum atomic E-state index is 0.162. The first kappa shape index (κ1) is 15.5. The number of nitrogens with zero attached hydrogens (tertiary/aromatic N) is 2. The van der Waals surface area contributed by atoms with Crippen LogP contribution in [-0.4, -0.2) is 60.6 Å². The minimum Gasteiger partial charge on any atom is -0.378 e. The van der Waals surface area contributed by atoms with Crippen LogP contribution >= 0.6 is 0 Å². The van der Waals surface area contributed by atoms with E-state index >= 15 is 0 Å². The number of ether oxygens (including phenoxy) is 1. The van der Waals surface area contributed by atoms with E-state index in [-0.39, 0.29) is 5.91 Å². The van der Waals surface area contributed by atoms with E-state index in [2.05, 4.69) is 11.8 Å². The van der Waals surface area contributed by atoms with Gasteiger partial charge in [-0.1, -0.05) is 31.5 Å². The van der Waals surface area contributed by atoms with Crippen LogP contribution in [0.25, 0.3) is 0 Å². The third kappa shape index (κ3) is 3.03. The number of hydrogen-bond donors (Lipinski definition) is 0. The van der Waals surface area contributed by atoms with Gasteiger partial charge in [0.2, 0.25) is 0 Å². The third-order valence-corrected chi connectivity index (χ3v) is 4.90. The van der Waals surface area contributed by atoms with Crippen LogP contribution in [0, 0.1) is 6.92 Å². The van der Waals surface area contributed by atoms with Crippen molar-refractivity contribution in [2.24, 2.45) is 0 Å². The summed E-state index contributed by atoms with van der Waals surface area (Å²) in [4.78, 5) is 17.3. The van der Waals surface area contributed by atoms with Gasteiger partial charge in [-0.15, -0.1) is 0 Å². The molecule has 4 heteroatoms. The lowest BCUT2D eigenvalue weighted by atomic mass is 10.0. The summed E-state index contributed by atoms with van der Waals surface area (Å²) in [5.41, 5.74) is 1.89. The maximum Gasteiger partial charge on any atom is 0.254 e. The molecule has 0 bridgehead atoms. The van der Waals surface area contributed by atoms with Crippen molar-refractivity contribution in [2.45, 2.75) is 38.8 Å². The first-order valence-electron chi connectivity index (χ1n) is 8.39. The molecule has 4 nitrogen and oxygen atoms in total. The maximum absolute atomic E-state index is 12.8. The van der Waals surface area contributed by atoms with Gasteiger partial charge in [0, 0.05) is 31.2 Å². The van der Waals surface area contributed by atoms with Crippen molar-refractivity contribution in [3.05, 3.63) is 35.4 Å². The van der Waals surface area contributed by atoms with Crippen molar-refractivity contribution < 1.29 is 9.53 Å². The predicted octanol–water partition coefficient (Wildman–Crippen LogP) is 2.32. The zero-order valence-electron chi connectivity index (χ0n) is 13.6. The molecule has 0 saturated carbocycles. The summed E-state index contributed by atoms with van der Waals surface area (Å²) in [5, 5.41) is 0. The monoisotopic (exact) mass is 302 g/mol. The maximum atomic E-state index is 12.8. The first-order chi connectivity index (χ1) is 10.7. The summed E-state index contributed by atoms with van der Waals surface area (Å²) in [7, 11) is 0. The highest BCUT2D eigenvalue weighted by Crippen LogP contribution is 2.23. The average Bonchev–Trinajstić information content (AvgIpc) is 2.55. The normalized spacial score (nSPS) is 25.8. The summed E-state index contributed by atoms with van der Waals surface area (Å²) in [6.07, 6.45) is 2.37. The number of carbonyl (C=O) groups excluding carboxylic acids is 1. The summed E-state index contributed by atoms with van der Waals surface area (Å²) in [6, 6.07) is 8.74. The van der Waals surface area contributed by atoms with E-state index in [1.165, 1.54) is 12.8 Å². The molecule has 1 aromatic rings. The Labute approximate surface area is 133 Å². The van der Waals surface area contributed by atoms with Gasteiger partial charge in [0.05, 0.1) is 19.3 Å². The van der Waals surface area contributed by atoms with Crippen LogP contribution in [0.1, 0.15) is 35.7 Å². The van der Waals surface area contributed by atoms with E-state index in [0.29, 0.717) is 12.1 Å². The van der Waals surface area contributed by atoms with E-state index < -0.39 is 0 Å². The van der Waals surface area contributed by atoms with Gasteiger partial charge < -0.3 is 9.64 Å². The fraction of sp³-hybridized carbons (Fsp3) is 0.611. The number of benzene rings is 1. The Bertz CT molecular complexity index is 530. The van der Waals surface area contributed by atoms with Crippen molar-refractivity contribution in [2.75, 3.05) is 32.8 Å². The van der Waals surface area contributed by atoms with Gasteiger partial charge in [-0.3, -0.25) is 9.69 Å². The number of aryl methyl sites for hydroxylation is 1. The molecular weight excluding hydrogens is 276 g/mol. The SMILES string of the molecule is CCC[C@H]1COC[C@H]2CN(C(=O)c3ccccc3C)CCN12. The molecule has 2 aliphatic rings. The number of piperazine rings is 1. The molecule has 22 heavy (non-hydrogen) atoms. The highest BCUT2D eigenvalue weighted by molar-refractivity contribution is 5.95. The molecule has 1 amide bonds. The van der Waals surface area contributed by atoms with E-state index in [1.807, 2.05) is 36.1 Å². The highest BCUT2D eigenvalue weighted by atomic mass is 16.5. The highest BCUT2D eigenvalue weighted by Gasteiger charge is 2.36. The lowest BCUT2D eigenvalue weighted by Gasteiger charge is -2.48. The Kier molecular flexibility index (Phi) is 4.79. The van der Waals surface area contributed by atoms with Gasteiger partial charge in [0.25, 0.3) is 5.91 Å². The van der Waals surface area contributed by atoms with Crippen LogP contribution < -0.4 is 0 Å². The Morgan fingerprint density at radius 1 is 1.27 bits per heavy atom. The standard InChI is InChI=1S/C18H26N2O2/c1-3-6-15-12-22-13-16-11-19(9-10-20(15)16)18(21)17-8-5-4-7-14(17)2/h4-5,7-8,15-16H,3,6,9-13H2,1-2H3/t15-,16+/m0/s1. The lowest BCUT2D eigenvalue weighted by Crippen LogP contribution is -2.62. The second kappa shape index (κ2) is 6.80. The van der Waals surface area contributed by atoms with Gasteiger partial charge in [-0.05, 0) is 25.0 Å². The molecule has 0 spiro atoms. The molecule has 0 aliphatic carbocycles. The molecule has 2 saturated heterocycles. The predicted molar refractivity (Wildman–Crippen MR) is 87.1 cm³/mol. The molecule has 3 rings (SSSR count). The van der Waals surface area contributed by atoms with Gasteiger partial charge >= 0.3 is 0 Å². The molecule has 2 aliphatic heterocycles.